The van der Waals surface area contributed by atoms with Crippen molar-refractivity contribution in [3.05, 3.63) is 10.6 Å². The fraction of sp³-hybridized carbons (Fsp3) is 0.750. The van der Waals surface area contributed by atoms with Gasteiger partial charge in [0.2, 0.25) is 0 Å². The highest BCUT2D eigenvalue weighted by Gasteiger charge is 2.30. The van der Waals surface area contributed by atoms with E-state index in [1.165, 1.54) is 11.5 Å². The van der Waals surface area contributed by atoms with Crippen LogP contribution in [0.5, 0.6) is 0 Å². The van der Waals surface area contributed by atoms with E-state index < -0.39 is 0 Å². The first-order chi connectivity index (χ1) is 8.39. The van der Waals surface area contributed by atoms with Crippen LogP contribution < -0.4 is 0 Å². The van der Waals surface area contributed by atoms with Crippen LogP contribution in [0.15, 0.2) is 0 Å². The number of likely N-dealkylation sites (N-methyl/N-ethyl adjacent to an activating group) is 1. The molecule has 0 atom stereocenters. The van der Waals surface area contributed by atoms with Crippen molar-refractivity contribution < 1.29 is 4.79 Å². The van der Waals surface area contributed by atoms with Gasteiger partial charge in [0.15, 0.2) is 0 Å². The lowest BCUT2D eigenvalue weighted by molar-refractivity contribution is 0.0666. The Morgan fingerprint density at radius 3 is 2.39 bits per heavy atom. The van der Waals surface area contributed by atoms with Gasteiger partial charge in [-0.1, -0.05) is 25.3 Å². The van der Waals surface area contributed by atoms with E-state index in [2.05, 4.69) is 42.3 Å². The van der Waals surface area contributed by atoms with E-state index in [-0.39, 0.29) is 11.3 Å². The van der Waals surface area contributed by atoms with Gasteiger partial charge in [-0.3, -0.25) is 4.79 Å². The molecule has 0 saturated carbocycles. The molecule has 0 unspecified atom stereocenters. The van der Waals surface area contributed by atoms with Gasteiger partial charge in [0, 0.05) is 31.6 Å². The maximum absolute atomic E-state index is 12.5. The summed E-state index contributed by atoms with van der Waals surface area (Å²) in [5.74, 6) is 0.0861. The second-order valence-electron chi connectivity index (χ2n) is 5.80. The summed E-state index contributed by atoms with van der Waals surface area (Å²) in [4.78, 5) is 17.3. The van der Waals surface area contributed by atoms with Crippen molar-refractivity contribution in [1.29, 1.82) is 0 Å². The average molecular weight is 268 g/mol. The molecule has 100 valence electrons. The second-order valence-corrected chi connectivity index (χ2v) is 6.55. The molecule has 2 heterocycles. The quantitative estimate of drug-likeness (QED) is 0.768. The van der Waals surface area contributed by atoms with Crippen LogP contribution in [0.2, 0.25) is 0 Å². The zero-order valence-electron chi connectivity index (χ0n) is 11.4. The molecule has 0 N–H and O–H groups in total. The summed E-state index contributed by atoms with van der Waals surface area (Å²) in [6.45, 7) is 9.62. The van der Waals surface area contributed by atoms with Crippen LogP contribution in [0, 0.1) is 0 Å². The Kier molecular flexibility index (Phi) is 3.68. The smallest absolute Gasteiger partial charge is 0.267 e. The van der Waals surface area contributed by atoms with Crippen LogP contribution in [-0.4, -0.2) is 58.5 Å². The van der Waals surface area contributed by atoms with Crippen molar-refractivity contribution in [2.24, 2.45) is 0 Å². The fourth-order valence-electron chi connectivity index (χ4n) is 1.97. The highest BCUT2D eigenvalue weighted by molar-refractivity contribution is 7.08. The highest BCUT2D eigenvalue weighted by atomic mass is 32.1. The zero-order chi connectivity index (χ0) is 13.3. The summed E-state index contributed by atoms with van der Waals surface area (Å²) in [6.07, 6.45) is 0. The third-order valence-electron chi connectivity index (χ3n) is 3.18. The normalized spacial score (nSPS) is 18.1. The Labute approximate surface area is 112 Å². The monoisotopic (exact) mass is 268 g/mol. The van der Waals surface area contributed by atoms with Crippen LogP contribution in [0.3, 0.4) is 0 Å². The zero-order valence-corrected chi connectivity index (χ0v) is 12.3. The molecule has 1 aliphatic rings. The summed E-state index contributed by atoms with van der Waals surface area (Å²) in [5.41, 5.74) is 0.682. The highest BCUT2D eigenvalue weighted by Crippen LogP contribution is 2.26. The van der Waals surface area contributed by atoms with E-state index in [1.807, 2.05) is 4.90 Å². The summed E-state index contributed by atoms with van der Waals surface area (Å²) < 4.78 is 3.95. The van der Waals surface area contributed by atoms with Gasteiger partial charge in [-0.2, -0.15) is 0 Å². The molecule has 18 heavy (non-hydrogen) atoms. The lowest BCUT2D eigenvalue weighted by Crippen LogP contribution is -2.47. The number of rotatable bonds is 1. The van der Waals surface area contributed by atoms with E-state index in [1.54, 1.807) is 0 Å². The summed E-state index contributed by atoms with van der Waals surface area (Å²) >= 11 is 1.21. The van der Waals surface area contributed by atoms with Crippen molar-refractivity contribution in [3.63, 3.8) is 0 Å². The number of carbonyl (C=O) groups is 1. The molecule has 0 aliphatic carbocycles. The predicted octanol–water partition coefficient (Wildman–Crippen LogP) is 1.22. The molecule has 2 rings (SSSR count). The van der Waals surface area contributed by atoms with Gasteiger partial charge in [0.25, 0.3) is 5.91 Å². The molecule has 1 aromatic heterocycles. The largest absolute Gasteiger partial charge is 0.335 e. The first kappa shape index (κ1) is 13.4. The molecule has 0 aromatic carbocycles. The lowest BCUT2D eigenvalue weighted by atomic mass is 9.91. The SMILES string of the molecule is CN1CCN(C(=O)c2snnc2C(C)(C)C)CC1. The van der Waals surface area contributed by atoms with E-state index in [0.29, 0.717) is 4.88 Å². The minimum absolute atomic E-state index is 0.0861. The van der Waals surface area contributed by atoms with E-state index in [4.69, 9.17) is 0 Å². The third kappa shape index (κ3) is 2.70. The van der Waals surface area contributed by atoms with E-state index in [9.17, 15) is 4.79 Å². The summed E-state index contributed by atoms with van der Waals surface area (Å²) in [6, 6.07) is 0. The van der Waals surface area contributed by atoms with Crippen LogP contribution in [0.25, 0.3) is 0 Å². The predicted molar refractivity (Wildman–Crippen MR) is 72.0 cm³/mol. The van der Waals surface area contributed by atoms with Gasteiger partial charge in [-0.25, -0.2) is 0 Å². The Morgan fingerprint density at radius 1 is 1.22 bits per heavy atom. The third-order valence-corrected chi connectivity index (χ3v) is 3.90. The van der Waals surface area contributed by atoms with Crippen LogP contribution >= 0.6 is 11.5 Å². The second kappa shape index (κ2) is 4.93. The molecule has 1 saturated heterocycles. The number of hydrogen-bond acceptors (Lipinski definition) is 5. The molecule has 5 nitrogen and oxygen atoms in total. The van der Waals surface area contributed by atoms with Crippen LogP contribution in [-0.2, 0) is 5.41 Å². The topological polar surface area (TPSA) is 49.3 Å². The van der Waals surface area contributed by atoms with Crippen LogP contribution in [0.1, 0.15) is 36.1 Å². The van der Waals surface area contributed by atoms with Gasteiger partial charge in [0.05, 0.1) is 5.69 Å². The van der Waals surface area contributed by atoms with Crippen molar-refractivity contribution >= 4 is 17.4 Å². The lowest BCUT2D eigenvalue weighted by Gasteiger charge is -2.32. The Bertz CT molecular complexity index is 430. The van der Waals surface area contributed by atoms with Crippen molar-refractivity contribution in [1.82, 2.24) is 19.4 Å². The number of carbonyl (C=O) groups excluding carboxylic acids is 1. The number of amides is 1. The van der Waals surface area contributed by atoms with Gasteiger partial charge in [0.1, 0.15) is 4.88 Å². The maximum Gasteiger partial charge on any atom is 0.267 e. The summed E-state index contributed by atoms with van der Waals surface area (Å²) in [5, 5.41) is 4.13. The Morgan fingerprint density at radius 2 is 1.83 bits per heavy atom. The first-order valence-electron chi connectivity index (χ1n) is 6.20. The molecule has 1 amide bonds. The van der Waals surface area contributed by atoms with E-state index in [0.717, 1.165) is 31.9 Å². The van der Waals surface area contributed by atoms with Crippen molar-refractivity contribution in [2.45, 2.75) is 26.2 Å². The molecule has 6 heteroatoms. The number of nitrogens with zero attached hydrogens (tertiary/aromatic N) is 4. The Balaban J connectivity index is 2.17. The van der Waals surface area contributed by atoms with Gasteiger partial charge >= 0.3 is 0 Å². The molecule has 0 spiro atoms. The number of aromatic nitrogens is 2. The van der Waals surface area contributed by atoms with Gasteiger partial charge < -0.3 is 9.80 Å². The molecule has 0 bridgehead atoms. The van der Waals surface area contributed by atoms with Gasteiger partial charge in [-0.05, 0) is 18.6 Å². The minimum atomic E-state index is -0.134. The minimum Gasteiger partial charge on any atom is -0.335 e. The maximum atomic E-state index is 12.5. The van der Waals surface area contributed by atoms with Gasteiger partial charge in [-0.15, -0.1) is 5.10 Å². The average Bonchev–Trinajstić information content (AvgIpc) is 2.77. The fourth-order valence-corrected chi connectivity index (χ4v) is 2.82. The molecule has 1 aromatic rings. The number of hydrogen-bond donors (Lipinski definition) is 0. The summed E-state index contributed by atoms with van der Waals surface area (Å²) in [7, 11) is 2.08. The number of piperazine rings is 1. The Hall–Kier alpha value is -1.01. The molecule has 1 fully saturated rings. The molecule has 1 aliphatic heterocycles. The van der Waals surface area contributed by atoms with Crippen molar-refractivity contribution in [2.75, 3.05) is 33.2 Å². The first-order valence-corrected chi connectivity index (χ1v) is 6.97. The standard InChI is InChI=1S/C12H20N4OS/c1-12(2,3)10-9(18-14-13-10)11(17)16-7-5-15(4)6-8-16/h5-8H2,1-4H3. The molecule has 0 radical (unpaired) electrons. The van der Waals surface area contributed by atoms with E-state index >= 15 is 0 Å². The van der Waals surface area contributed by atoms with Crippen LogP contribution in [0.4, 0.5) is 0 Å². The molecular weight excluding hydrogens is 248 g/mol. The van der Waals surface area contributed by atoms with Crippen molar-refractivity contribution in [3.8, 4) is 0 Å². The molecular formula is C12H20N4OS.